The van der Waals surface area contributed by atoms with Gasteiger partial charge in [0.2, 0.25) is 0 Å². The molecule has 0 fully saturated rings. The van der Waals surface area contributed by atoms with E-state index in [-0.39, 0.29) is 0 Å². The second-order valence-electron chi connectivity index (χ2n) is 3.49. The topological polar surface area (TPSA) is 103 Å². The smallest absolute Gasteiger partial charge is 0.339 e. The number of esters is 1. The maximum atomic E-state index is 11.2. The maximum Gasteiger partial charge on any atom is 0.339 e. The van der Waals surface area contributed by atoms with E-state index in [1.807, 2.05) is 0 Å². The lowest BCUT2D eigenvalue weighted by molar-refractivity contribution is -0.137. The number of methoxy groups -OCH3 is 1. The number of hydrogen-bond acceptors (Lipinski definition) is 6. The van der Waals surface area contributed by atoms with Gasteiger partial charge < -0.3 is 15.6 Å². The van der Waals surface area contributed by atoms with Crippen molar-refractivity contribution >= 4 is 23.7 Å². The summed E-state index contributed by atoms with van der Waals surface area (Å²) in [6.45, 7) is 0. The van der Waals surface area contributed by atoms with Gasteiger partial charge in [-0.05, 0) is 12.1 Å². The van der Waals surface area contributed by atoms with E-state index >= 15 is 0 Å². The van der Waals surface area contributed by atoms with E-state index < -0.39 is 18.0 Å². The molecule has 0 aromatic carbocycles. The molecular weight excluding hydrogens is 256 g/mol. The van der Waals surface area contributed by atoms with Gasteiger partial charge in [-0.25, -0.2) is 4.79 Å². The largest absolute Gasteiger partial charge is 0.480 e. The van der Waals surface area contributed by atoms with Gasteiger partial charge in [0.15, 0.2) is 0 Å². The van der Waals surface area contributed by atoms with Crippen LogP contribution in [-0.4, -0.2) is 40.9 Å². The Morgan fingerprint density at radius 1 is 1.56 bits per heavy atom. The number of thioether (sulfide) groups is 1. The quantitative estimate of drug-likeness (QED) is 0.726. The van der Waals surface area contributed by atoms with Gasteiger partial charge >= 0.3 is 11.9 Å². The molecule has 0 radical (unpaired) electrons. The third-order valence-electron chi connectivity index (χ3n) is 2.11. The minimum atomic E-state index is -1.02. The Hall–Kier alpha value is -1.60. The van der Waals surface area contributed by atoms with Crippen molar-refractivity contribution in [2.45, 2.75) is 11.8 Å². The second-order valence-corrected chi connectivity index (χ2v) is 4.52. The van der Waals surface area contributed by atoms with Crippen LogP contribution in [0.4, 0.5) is 0 Å². The van der Waals surface area contributed by atoms with E-state index in [2.05, 4.69) is 9.72 Å². The van der Waals surface area contributed by atoms with Crippen molar-refractivity contribution in [1.29, 1.82) is 0 Å². The monoisotopic (exact) mass is 270 g/mol. The molecule has 7 heteroatoms. The average Bonchev–Trinajstić information content (AvgIpc) is 2.38. The van der Waals surface area contributed by atoms with Crippen LogP contribution >= 0.6 is 11.8 Å². The summed E-state index contributed by atoms with van der Waals surface area (Å²) in [5.41, 5.74) is 6.50. The number of carbonyl (C=O) groups is 2. The molecule has 1 rings (SSSR count). The highest BCUT2D eigenvalue weighted by Crippen LogP contribution is 2.11. The molecule has 0 unspecified atom stereocenters. The van der Waals surface area contributed by atoms with Crippen molar-refractivity contribution in [3.63, 3.8) is 0 Å². The number of nitrogens with zero attached hydrogens (tertiary/aromatic N) is 1. The molecule has 0 aliphatic carbocycles. The molecule has 0 aliphatic heterocycles. The van der Waals surface area contributed by atoms with E-state index in [0.717, 1.165) is 5.69 Å². The van der Waals surface area contributed by atoms with Crippen molar-refractivity contribution in [2.75, 3.05) is 12.9 Å². The number of nitrogens with two attached hydrogens (primary N) is 1. The minimum absolute atomic E-state index is 0.315. The summed E-state index contributed by atoms with van der Waals surface area (Å²) in [4.78, 5) is 25.7. The van der Waals surface area contributed by atoms with Gasteiger partial charge in [0.1, 0.15) is 6.04 Å². The van der Waals surface area contributed by atoms with Crippen LogP contribution in [-0.2, 0) is 15.3 Å². The first-order valence-electron chi connectivity index (χ1n) is 5.14. The first kappa shape index (κ1) is 14.5. The molecule has 6 nitrogen and oxygen atoms in total. The summed E-state index contributed by atoms with van der Waals surface area (Å²) >= 11 is 1.38. The zero-order valence-corrected chi connectivity index (χ0v) is 10.6. The van der Waals surface area contributed by atoms with Gasteiger partial charge in [0.05, 0.1) is 18.4 Å². The molecular formula is C11H14N2O4S. The number of pyridine rings is 1. The van der Waals surface area contributed by atoms with E-state index in [9.17, 15) is 9.59 Å². The maximum absolute atomic E-state index is 11.2. The van der Waals surface area contributed by atoms with Gasteiger partial charge in [0, 0.05) is 17.7 Å². The molecule has 0 amide bonds. The Labute approximate surface area is 109 Å². The van der Waals surface area contributed by atoms with Gasteiger partial charge in [-0.3, -0.25) is 9.78 Å². The highest BCUT2D eigenvalue weighted by atomic mass is 32.2. The minimum Gasteiger partial charge on any atom is -0.480 e. The second kappa shape index (κ2) is 6.97. The molecule has 1 aromatic rings. The average molecular weight is 270 g/mol. The van der Waals surface area contributed by atoms with E-state index in [1.165, 1.54) is 25.1 Å². The Kier molecular flexibility index (Phi) is 5.60. The first-order chi connectivity index (χ1) is 8.54. The number of ether oxygens (including phenoxy) is 1. The molecule has 1 atom stereocenters. The standard InChI is InChI=1S/C11H14N2O4S/c1-17-11(16)7-2-3-8(13-4-7)5-18-6-9(12)10(14)15/h2-4,9H,5-6,12H2,1H3,(H,14,15)/t9-/m1/s1. The van der Waals surface area contributed by atoms with Crippen LogP contribution in [0.3, 0.4) is 0 Å². The number of carboxylic acid groups (broad SMARTS) is 1. The predicted molar refractivity (Wildman–Crippen MR) is 67.3 cm³/mol. The summed E-state index contributed by atoms with van der Waals surface area (Å²) in [5.74, 6) is -0.593. The van der Waals surface area contributed by atoms with E-state index in [1.54, 1.807) is 12.1 Å². The molecule has 18 heavy (non-hydrogen) atoms. The molecule has 0 spiro atoms. The number of hydrogen-bond donors (Lipinski definition) is 2. The Balaban J connectivity index is 2.44. The molecule has 0 aliphatic rings. The predicted octanol–water partition coefficient (Wildman–Crippen LogP) is 0.513. The lowest BCUT2D eigenvalue weighted by Crippen LogP contribution is -2.32. The number of carbonyl (C=O) groups excluding carboxylic acids is 1. The first-order valence-corrected chi connectivity index (χ1v) is 6.29. The summed E-state index contributed by atoms with van der Waals surface area (Å²) < 4.78 is 4.55. The van der Waals surface area contributed by atoms with Gasteiger partial charge in [-0.15, -0.1) is 0 Å². The number of carboxylic acids is 1. The van der Waals surface area contributed by atoms with Crippen LogP contribution in [0, 0.1) is 0 Å². The lowest BCUT2D eigenvalue weighted by Gasteiger charge is -2.05. The van der Waals surface area contributed by atoms with Crippen LogP contribution < -0.4 is 5.73 Å². The molecule has 0 bridgehead atoms. The number of aromatic nitrogens is 1. The zero-order chi connectivity index (χ0) is 13.5. The number of rotatable bonds is 6. The number of aliphatic carboxylic acids is 1. The summed E-state index contributed by atoms with van der Waals surface area (Å²) in [6.07, 6.45) is 1.43. The van der Waals surface area contributed by atoms with Gasteiger partial charge in [-0.1, -0.05) is 0 Å². The lowest BCUT2D eigenvalue weighted by atomic mass is 10.2. The fourth-order valence-corrected chi connectivity index (χ4v) is 2.00. The van der Waals surface area contributed by atoms with Crippen LogP contribution in [0.2, 0.25) is 0 Å². The Morgan fingerprint density at radius 3 is 2.78 bits per heavy atom. The fourth-order valence-electron chi connectivity index (χ4n) is 1.11. The highest BCUT2D eigenvalue weighted by molar-refractivity contribution is 7.98. The molecule has 1 heterocycles. The van der Waals surface area contributed by atoms with Crippen molar-refractivity contribution in [1.82, 2.24) is 4.98 Å². The van der Waals surface area contributed by atoms with Gasteiger partial charge in [0.25, 0.3) is 0 Å². The highest BCUT2D eigenvalue weighted by Gasteiger charge is 2.11. The third kappa shape index (κ3) is 4.34. The third-order valence-corrected chi connectivity index (χ3v) is 3.21. The van der Waals surface area contributed by atoms with Crippen molar-refractivity contribution < 1.29 is 19.4 Å². The SMILES string of the molecule is COC(=O)c1ccc(CSC[C@@H](N)C(=O)O)nc1. The van der Waals surface area contributed by atoms with Crippen molar-refractivity contribution in [2.24, 2.45) is 5.73 Å². The normalized spacial score (nSPS) is 11.9. The molecule has 3 N–H and O–H groups in total. The van der Waals surface area contributed by atoms with Crippen LogP contribution in [0.1, 0.15) is 16.1 Å². The zero-order valence-electron chi connectivity index (χ0n) is 9.83. The van der Waals surface area contributed by atoms with Gasteiger partial charge in [-0.2, -0.15) is 11.8 Å². The van der Waals surface area contributed by atoms with E-state index in [0.29, 0.717) is 17.1 Å². The Morgan fingerprint density at radius 2 is 2.28 bits per heavy atom. The summed E-state index contributed by atoms with van der Waals surface area (Å²) in [7, 11) is 1.30. The molecule has 0 saturated heterocycles. The van der Waals surface area contributed by atoms with Crippen molar-refractivity contribution in [3.05, 3.63) is 29.6 Å². The van der Waals surface area contributed by atoms with E-state index in [4.69, 9.17) is 10.8 Å². The molecule has 98 valence electrons. The fraction of sp³-hybridized carbons (Fsp3) is 0.364. The summed E-state index contributed by atoms with van der Waals surface area (Å²) in [5, 5.41) is 8.60. The van der Waals surface area contributed by atoms with Crippen molar-refractivity contribution in [3.8, 4) is 0 Å². The van der Waals surface area contributed by atoms with Crippen LogP contribution in [0.25, 0.3) is 0 Å². The molecule has 1 aromatic heterocycles. The molecule has 0 saturated carbocycles. The summed E-state index contributed by atoms with van der Waals surface area (Å²) in [6, 6.07) is 2.45. The Bertz CT molecular complexity index is 422. The van der Waals surface area contributed by atoms with Crippen LogP contribution in [0.15, 0.2) is 18.3 Å². The van der Waals surface area contributed by atoms with Crippen LogP contribution in [0.5, 0.6) is 0 Å².